The highest BCUT2D eigenvalue weighted by Gasteiger charge is 2.39. The highest BCUT2D eigenvalue weighted by molar-refractivity contribution is 6.23. The second kappa shape index (κ2) is 10.1. The number of ether oxygens (including phenoxy) is 3. The number of methoxy groups -OCH3 is 2. The fourth-order valence-corrected chi connectivity index (χ4v) is 4.99. The van der Waals surface area contributed by atoms with E-state index in [1.165, 1.54) is 4.90 Å². The first kappa shape index (κ1) is 23.9. The molecule has 0 unspecified atom stereocenters. The molecule has 188 valence electrons. The van der Waals surface area contributed by atoms with Gasteiger partial charge in [-0.1, -0.05) is 12.1 Å². The summed E-state index contributed by atoms with van der Waals surface area (Å²) in [5.41, 5.74) is 2.58. The van der Waals surface area contributed by atoms with Crippen LogP contribution in [0.15, 0.2) is 60.1 Å². The number of nitrogens with zero attached hydrogens (tertiary/aromatic N) is 3. The van der Waals surface area contributed by atoms with E-state index in [2.05, 4.69) is 22.0 Å². The quantitative estimate of drug-likeness (QED) is 0.548. The Morgan fingerprint density at radius 3 is 2.39 bits per heavy atom. The Morgan fingerprint density at radius 1 is 0.889 bits per heavy atom. The van der Waals surface area contributed by atoms with Crippen molar-refractivity contribution in [3.63, 3.8) is 0 Å². The van der Waals surface area contributed by atoms with E-state index in [0.29, 0.717) is 22.6 Å². The highest BCUT2D eigenvalue weighted by atomic mass is 16.5. The van der Waals surface area contributed by atoms with E-state index in [1.807, 2.05) is 25.1 Å². The molecule has 1 fully saturated rings. The normalized spacial score (nSPS) is 18.0. The summed E-state index contributed by atoms with van der Waals surface area (Å²) in [5, 5.41) is 0. The largest absolute Gasteiger partial charge is 0.493 e. The third-order valence-electron chi connectivity index (χ3n) is 6.90. The molecular weight excluding hydrogens is 458 g/mol. The number of fused-ring (bicyclic) bond motifs is 1. The van der Waals surface area contributed by atoms with Crippen molar-refractivity contribution >= 4 is 17.5 Å². The smallest absolute Gasteiger partial charge is 0.263 e. The van der Waals surface area contributed by atoms with Gasteiger partial charge in [0.25, 0.3) is 11.8 Å². The highest BCUT2D eigenvalue weighted by Crippen LogP contribution is 2.34. The maximum Gasteiger partial charge on any atom is 0.263 e. The number of hydrogen-bond donors (Lipinski definition) is 0. The molecule has 0 atom stereocenters. The van der Waals surface area contributed by atoms with Gasteiger partial charge >= 0.3 is 0 Å². The van der Waals surface area contributed by atoms with Crippen LogP contribution in [-0.2, 0) is 11.3 Å². The molecule has 2 aromatic rings. The summed E-state index contributed by atoms with van der Waals surface area (Å²) in [5.74, 6) is 2.58. The molecule has 3 aliphatic heterocycles. The second-order valence-electron chi connectivity index (χ2n) is 9.17. The van der Waals surface area contributed by atoms with E-state index in [4.69, 9.17) is 14.2 Å². The molecule has 3 aliphatic rings. The van der Waals surface area contributed by atoms with Gasteiger partial charge in [-0.05, 0) is 55.3 Å². The minimum absolute atomic E-state index is 0.170. The topological polar surface area (TPSA) is 71.5 Å². The molecule has 0 spiro atoms. The van der Waals surface area contributed by atoms with Gasteiger partial charge in [0.1, 0.15) is 5.76 Å². The van der Waals surface area contributed by atoms with Crippen molar-refractivity contribution in [3.8, 4) is 11.5 Å². The predicted molar refractivity (Wildman–Crippen MR) is 136 cm³/mol. The van der Waals surface area contributed by atoms with Crippen LogP contribution in [0.3, 0.4) is 0 Å². The van der Waals surface area contributed by atoms with E-state index >= 15 is 0 Å². The van der Waals surface area contributed by atoms with Crippen LogP contribution in [0.5, 0.6) is 11.5 Å². The molecule has 3 heterocycles. The maximum atomic E-state index is 13.5. The molecule has 0 radical (unpaired) electrons. The zero-order valence-electron chi connectivity index (χ0n) is 21.0. The van der Waals surface area contributed by atoms with Crippen LogP contribution in [0.4, 0.5) is 5.69 Å². The van der Waals surface area contributed by atoms with Crippen molar-refractivity contribution in [2.45, 2.75) is 19.9 Å². The average Bonchev–Trinajstić information content (AvgIpc) is 3.14. The van der Waals surface area contributed by atoms with Crippen molar-refractivity contribution in [1.29, 1.82) is 0 Å². The number of carbonyl (C=O) groups is 2. The SMILES string of the molecule is COc1ccc(CN2C(=O)c3cccc(N4CCN(CC5=CCC=C(C)O5)CC4)c3C2=O)cc1OC. The number of benzene rings is 2. The van der Waals surface area contributed by atoms with Crippen LogP contribution in [-0.4, -0.2) is 68.6 Å². The van der Waals surface area contributed by atoms with Crippen LogP contribution < -0.4 is 14.4 Å². The molecule has 0 saturated carbocycles. The lowest BCUT2D eigenvalue weighted by atomic mass is 10.1. The summed E-state index contributed by atoms with van der Waals surface area (Å²) in [7, 11) is 3.13. The Bertz CT molecular complexity index is 1240. The minimum Gasteiger partial charge on any atom is -0.493 e. The molecule has 8 heteroatoms. The second-order valence-corrected chi connectivity index (χ2v) is 9.17. The van der Waals surface area contributed by atoms with E-state index in [0.717, 1.165) is 61.9 Å². The zero-order chi connectivity index (χ0) is 25.2. The Hall–Kier alpha value is -3.78. The van der Waals surface area contributed by atoms with Crippen LogP contribution >= 0.6 is 0 Å². The predicted octanol–water partition coefficient (Wildman–Crippen LogP) is 3.83. The Kier molecular flexibility index (Phi) is 6.69. The monoisotopic (exact) mass is 489 g/mol. The van der Waals surface area contributed by atoms with Gasteiger partial charge in [0, 0.05) is 26.2 Å². The van der Waals surface area contributed by atoms with E-state index in [-0.39, 0.29) is 18.4 Å². The Morgan fingerprint density at radius 2 is 1.67 bits per heavy atom. The summed E-state index contributed by atoms with van der Waals surface area (Å²) < 4.78 is 16.5. The van der Waals surface area contributed by atoms with Gasteiger partial charge in [-0.2, -0.15) is 0 Å². The molecule has 0 N–H and O–H groups in total. The first-order chi connectivity index (χ1) is 17.5. The molecule has 0 aliphatic carbocycles. The van der Waals surface area contributed by atoms with Crippen LogP contribution in [0.1, 0.15) is 39.6 Å². The third kappa shape index (κ3) is 4.56. The van der Waals surface area contributed by atoms with E-state index < -0.39 is 0 Å². The van der Waals surface area contributed by atoms with Crippen molar-refractivity contribution in [3.05, 3.63) is 76.8 Å². The number of piperazine rings is 1. The standard InChI is InChI=1S/C28H31N3O5/c1-19-6-4-7-21(36-19)18-29-12-14-30(15-13-29)23-9-5-8-22-26(23)28(33)31(27(22)32)17-20-10-11-24(34-2)25(16-20)35-3/h5-11,16H,4,12-15,17-18H2,1-3H3. The first-order valence-electron chi connectivity index (χ1n) is 12.2. The van der Waals surface area contributed by atoms with Crippen LogP contribution in [0, 0.1) is 0 Å². The van der Waals surface area contributed by atoms with Crippen molar-refractivity contribution in [2.75, 3.05) is 51.8 Å². The fraction of sp³-hybridized carbons (Fsp3) is 0.357. The number of rotatable bonds is 7. The number of carbonyl (C=O) groups excluding carboxylic acids is 2. The lowest BCUT2D eigenvalue weighted by molar-refractivity contribution is 0.0642. The lowest BCUT2D eigenvalue weighted by Gasteiger charge is -2.37. The third-order valence-corrected chi connectivity index (χ3v) is 6.90. The summed E-state index contributed by atoms with van der Waals surface area (Å²) >= 11 is 0. The van der Waals surface area contributed by atoms with E-state index in [1.54, 1.807) is 32.4 Å². The van der Waals surface area contributed by atoms with Gasteiger partial charge in [-0.25, -0.2) is 0 Å². The molecule has 1 saturated heterocycles. The number of imide groups is 1. The molecule has 5 rings (SSSR count). The van der Waals surface area contributed by atoms with E-state index in [9.17, 15) is 9.59 Å². The van der Waals surface area contributed by atoms with Gasteiger partial charge < -0.3 is 19.1 Å². The Balaban J connectivity index is 1.29. The Labute approximate surface area is 211 Å². The fourth-order valence-electron chi connectivity index (χ4n) is 4.99. The number of anilines is 1. The summed E-state index contributed by atoms with van der Waals surface area (Å²) in [4.78, 5) is 32.6. The average molecular weight is 490 g/mol. The lowest BCUT2D eigenvalue weighted by Crippen LogP contribution is -2.47. The molecule has 0 bridgehead atoms. The van der Waals surface area contributed by atoms with Gasteiger partial charge in [0.05, 0.1) is 49.9 Å². The minimum atomic E-state index is -0.268. The molecule has 0 aromatic heterocycles. The molecule has 36 heavy (non-hydrogen) atoms. The number of allylic oxidation sites excluding steroid dienone is 3. The van der Waals surface area contributed by atoms with Gasteiger partial charge in [-0.3, -0.25) is 19.4 Å². The summed E-state index contributed by atoms with van der Waals surface area (Å²) in [6, 6.07) is 11.0. The molecule has 2 aromatic carbocycles. The molecular formula is C28H31N3O5. The van der Waals surface area contributed by atoms with Crippen LogP contribution in [0.25, 0.3) is 0 Å². The number of amides is 2. The van der Waals surface area contributed by atoms with Gasteiger partial charge in [0.15, 0.2) is 11.5 Å². The summed E-state index contributed by atoms with van der Waals surface area (Å²) in [6.07, 6.45) is 5.11. The summed E-state index contributed by atoms with van der Waals surface area (Å²) in [6.45, 7) is 6.18. The van der Waals surface area contributed by atoms with Crippen LogP contribution in [0.2, 0.25) is 0 Å². The zero-order valence-corrected chi connectivity index (χ0v) is 21.0. The maximum absolute atomic E-state index is 13.5. The molecule has 2 amide bonds. The first-order valence-corrected chi connectivity index (χ1v) is 12.2. The van der Waals surface area contributed by atoms with Gasteiger partial charge in [-0.15, -0.1) is 0 Å². The van der Waals surface area contributed by atoms with Crippen molar-refractivity contribution in [2.24, 2.45) is 0 Å². The van der Waals surface area contributed by atoms with Crippen molar-refractivity contribution in [1.82, 2.24) is 9.80 Å². The number of hydrogen-bond acceptors (Lipinski definition) is 7. The van der Waals surface area contributed by atoms with Gasteiger partial charge in [0.2, 0.25) is 0 Å². The molecule has 8 nitrogen and oxygen atoms in total. The van der Waals surface area contributed by atoms with Crippen molar-refractivity contribution < 1.29 is 23.8 Å².